The van der Waals surface area contributed by atoms with Crippen LogP contribution in [0.5, 0.6) is 0 Å². The Balaban J connectivity index is 2.17. The third kappa shape index (κ3) is 2.52. The number of thioether (sulfide) groups is 1. The van der Waals surface area contributed by atoms with Gasteiger partial charge in [0.15, 0.2) is 5.16 Å². The van der Waals surface area contributed by atoms with E-state index in [-0.39, 0.29) is 5.75 Å². The number of aromatic nitrogens is 4. The first-order valence-corrected chi connectivity index (χ1v) is 7.01. The fraction of sp³-hybridized carbons (Fsp3) is 0.0769. The van der Waals surface area contributed by atoms with Crippen LogP contribution in [0.25, 0.3) is 16.6 Å². The molecule has 0 fully saturated rings. The number of para-hydroxylation sites is 1. The summed E-state index contributed by atoms with van der Waals surface area (Å²) in [7, 11) is 0. The predicted molar refractivity (Wildman–Crippen MR) is 77.8 cm³/mol. The van der Waals surface area contributed by atoms with Crippen LogP contribution in [0.4, 0.5) is 0 Å². The molecule has 2 heterocycles. The molecule has 8 heteroatoms. The lowest BCUT2D eigenvalue weighted by Gasteiger charge is -2.07. The minimum absolute atomic E-state index is 0.178. The number of carboxylic acids is 1. The zero-order chi connectivity index (χ0) is 14.8. The fourth-order valence-electron chi connectivity index (χ4n) is 1.99. The third-order valence-corrected chi connectivity index (χ3v) is 3.74. The minimum atomic E-state index is -0.974. The van der Waals surface area contributed by atoms with Crippen molar-refractivity contribution >= 4 is 28.6 Å². The number of rotatable bonds is 4. The van der Waals surface area contributed by atoms with E-state index in [4.69, 9.17) is 5.11 Å². The van der Waals surface area contributed by atoms with Crippen LogP contribution in [0.1, 0.15) is 0 Å². The number of fused-ring (bicyclic) bond motifs is 1. The molecule has 3 rings (SSSR count). The number of H-pyrrole nitrogens is 1. The van der Waals surface area contributed by atoms with E-state index in [0.29, 0.717) is 16.4 Å². The van der Waals surface area contributed by atoms with E-state index in [9.17, 15) is 9.59 Å². The number of nitrogens with one attached hydrogen (secondary N) is 1. The number of carboxylic acid groups (broad SMARTS) is 1. The molecule has 0 aliphatic carbocycles. The van der Waals surface area contributed by atoms with Crippen molar-refractivity contribution in [1.82, 2.24) is 19.7 Å². The Bertz CT molecular complexity index is 866. The summed E-state index contributed by atoms with van der Waals surface area (Å²) < 4.78 is 1.34. The van der Waals surface area contributed by atoms with Gasteiger partial charge in [-0.1, -0.05) is 30.0 Å². The molecule has 1 aromatic carbocycles. The van der Waals surface area contributed by atoms with E-state index in [1.807, 2.05) is 24.3 Å². The van der Waals surface area contributed by atoms with Crippen LogP contribution in [0.3, 0.4) is 0 Å². The molecule has 106 valence electrons. The largest absolute Gasteiger partial charge is 0.481 e. The van der Waals surface area contributed by atoms with Gasteiger partial charge in [-0.2, -0.15) is 0 Å². The molecule has 0 spiro atoms. The van der Waals surface area contributed by atoms with Crippen LogP contribution in [-0.2, 0) is 4.79 Å². The SMILES string of the molecule is O=C(O)CSc1n[nH]c(=O)n1-c1cccc2cccnc12. The summed E-state index contributed by atoms with van der Waals surface area (Å²) in [6, 6.07) is 9.15. The zero-order valence-electron chi connectivity index (χ0n) is 10.7. The second kappa shape index (κ2) is 5.41. The van der Waals surface area contributed by atoms with Gasteiger partial charge in [-0.25, -0.2) is 14.5 Å². The standard InChI is InChI=1S/C13H10N4O3S/c18-10(19)7-21-13-16-15-12(20)17(13)9-5-1-3-8-4-2-6-14-11(8)9/h1-6H,7H2,(H,15,20)(H,18,19). The normalized spacial score (nSPS) is 10.9. The third-order valence-electron chi connectivity index (χ3n) is 2.82. The lowest BCUT2D eigenvalue weighted by atomic mass is 10.2. The Morgan fingerprint density at radius 2 is 2.14 bits per heavy atom. The Morgan fingerprint density at radius 3 is 2.95 bits per heavy atom. The van der Waals surface area contributed by atoms with Gasteiger partial charge in [0.1, 0.15) is 0 Å². The molecule has 0 atom stereocenters. The van der Waals surface area contributed by atoms with Crippen LogP contribution in [-0.4, -0.2) is 36.6 Å². The molecule has 0 aliphatic heterocycles. The first-order valence-electron chi connectivity index (χ1n) is 6.03. The molecule has 0 unspecified atom stereocenters. The Morgan fingerprint density at radius 1 is 1.33 bits per heavy atom. The van der Waals surface area contributed by atoms with Crippen molar-refractivity contribution in [3.05, 3.63) is 47.0 Å². The summed E-state index contributed by atoms with van der Waals surface area (Å²) in [6.07, 6.45) is 1.64. The lowest BCUT2D eigenvalue weighted by Crippen LogP contribution is -2.16. The summed E-state index contributed by atoms with van der Waals surface area (Å²) in [5.41, 5.74) is 0.793. The highest BCUT2D eigenvalue weighted by Gasteiger charge is 2.15. The van der Waals surface area contributed by atoms with E-state index >= 15 is 0 Å². The summed E-state index contributed by atoms with van der Waals surface area (Å²) >= 11 is 0.973. The minimum Gasteiger partial charge on any atom is -0.481 e. The van der Waals surface area contributed by atoms with E-state index in [2.05, 4.69) is 15.2 Å². The highest BCUT2D eigenvalue weighted by atomic mass is 32.2. The Hall–Kier alpha value is -2.61. The van der Waals surface area contributed by atoms with Crippen LogP contribution in [0.15, 0.2) is 46.5 Å². The van der Waals surface area contributed by atoms with Gasteiger partial charge >= 0.3 is 11.7 Å². The van der Waals surface area contributed by atoms with E-state index in [1.54, 1.807) is 12.3 Å². The first-order chi connectivity index (χ1) is 10.2. The van der Waals surface area contributed by atoms with Crippen LogP contribution in [0, 0.1) is 0 Å². The van der Waals surface area contributed by atoms with E-state index in [1.165, 1.54) is 4.57 Å². The van der Waals surface area contributed by atoms with Gasteiger partial charge in [-0.3, -0.25) is 9.78 Å². The average molecular weight is 302 g/mol. The summed E-state index contributed by atoms with van der Waals surface area (Å²) in [6.45, 7) is 0. The maximum atomic E-state index is 12.0. The topological polar surface area (TPSA) is 101 Å². The first kappa shape index (κ1) is 13.4. The second-order valence-electron chi connectivity index (χ2n) is 4.18. The second-order valence-corrected chi connectivity index (χ2v) is 5.12. The van der Waals surface area contributed by atoms with Crippen molar-refractivity contribution < 1.29 is 9.90 Å². The number of hydrogen-bond donors (Lipinski definition) is 2. The van der Waals surface area contributed by atoms with Gasteiger partial charge in [0.25, 0.3) is 0 Å². The molecule has 2 aromatic heterocycles. The molecule has 2 N–H and O–H groups in total. The van der Waals surface area contributed by atoms with Crippen molar-refractivity contribution in [2.75, 3.05) is 5.75 Å². The molecule has 0 aliphatic rings. The van der Waals surface area contributed by atoms with Crippen molar-refractivity contribution in [1.29, 1.82) is 0 Å². The number of aromatic amines is 1. The quantitative estimate of drug-likeness (QED) is 0.704. The highest BCUT2D eigenvalue weighted by Crippen LogP contribution is 2.23. The average Bonchev–Trinajstić information content (AvgIpc) is 2.85. The summed E-state index contributed by atoms with van der Waals surface area (Å²) in [5.74, 6) is -1.15. The molecule has 7 nitrogen and oxygen atoms in total. The molecule has 0 saturated heterocycles. The Labute approximate surface area is 122 Å². The van der Waals surface area contributed by atoms with Crippen LogP contribution >= 0.6 is 11.8 Å². The predicted octanol–water partition coefficient (Wildman–Crippen LogP) is 1.29. The number of pyridine rings is 1. The van der Waals surface area contributed by atoms with Gasteiger partial charge < -0.3 is 5.11 Å². The molecule has 0 saturated carbocycles. The van der Waals surface area contributed by atoms with Crippen molar-refractivity contribution in [3.8, 4) is 5.69 Å². The summed E-state index contributed by atoms with van der Waals surface area (Å²) in [4.78, 5) is 27.0. The van der Waals surface area contributed by atoms with Crippen molar-refractivity contribution in [2.45, 2.75) is 5.16 Å². The van der Waals surface area contributed by atoms with Crippen LogP contribution < -0.4 is 5.69 Å². The lowest BCUT2D eigenvalue weighted by molar-refractivity contribution is -0.133. The van der Waals surface area contributed by atoms with Gasteiger partial charge in [-0.15, -0.1) is 5.10 Å². The van der Waals surface area contributed by atoms with Crippen LogP contribution in [0.2, 0.25) is 0 Å². The van der Waals surface area contributed by atoms with Gasteiger partial charge in [0, 0.05) is 11.6 Å². The smallest absolute Gasteiger partial charge is 0.348 e. The van der Waals surface area contributed by atoms with E-state index in [0.717, 1.165) is 17.1 Å². The zero-order valence-corrected chi connectivity index (χ0v) is 11.5. The van der Waals surface area contributed by atoms with Gasteiger partial charge in [-0.05, 0) is 12.1 Å². The molecule has 0 bridgehead atoms. The molecule has 21 heavy (non-hydrogen) atoms. The monoisotopic (exact) mass is 302 g/mol. The van der Waals surface area contributed by atoms with Gasteiger partial charge in [0.05, 0.1) is 17.0 Å². The van der Waals surface area contributed by atoms with Gasteiger partial charge in [0.2, 0.25) is 0 Å². The number of benzene rings is 1. The number of aliphatic carboxylic acids is 1. The maximum absolute atomic E-state index is 12.0. The highest BCUT2D eigenvalue weighted by molar-refractivity contribution is 7.99. The number of nitrogens with zero attached hydrogens (tertiary/aromatic N) is 3. The molecule has 0 amide bonds. The number of carbonyl (C=O) groups is 1. The molecule has 3 aromatic rings. The van der Waals surface area contributed by atoms with E-state index < -0.39 is 11.7 Å². The van der Waals surface area contributed by atoms with Crippen molar-refractivity contribution in [3.63, 3.8) is 0 Å². The Kier molecular flexibility index (Phi) is 3.44. The number of hydrogen-bond acceptors (Lipinski definition) is 5. The molecular weight excluding hydrogens is 292 g/mol. The van der Waals surface area contributed by atoms with Crippen molar-refractivity contribution in [2.24, 2.45) is 0 Å². The molecule has 0 radical (unpaired) electrons. The maximum Gasteiger partial charge on any atom is 0.348 e. The summed E-state index contributed by atoms with van der Waals surface area (Å²) in [5, 5.41) is 16.1. The molecular formula is C13H10N4O3S. The fourth-order valence-corrected chi connectivity index (χ4v) is 2.66.